The zero-order valence-electron chi connectivity index (χ0n) is 7.35. The van der Waals surface area contributed by atoms with Crippen LogP contribution in [0.1, 0.15) is 47.1 Å². The van der Waals surface area contributed by atoms with Crippen molar-refractivity contribution in [2.45, 2.75) is 37.6 Å². The Balaban J connectivity index is 2.20. The first-order chi connectivity index (χ1) is 6.31. The van der Waals surface area contributed by atoms with Crippen LogP contribution < -0.4 is 5.73 Å². The fourth-order valence-electron chi connectivity index (χ4n) is 2.89. The molecule has 2 bridgehead atoms. The highest BCUT2D eigenvalue weighted by Gasteiger charge is 2.40. The van der Waals surface area contributed by atoms with E-state index in [2.05, 4.69) is 15.9 Å². The molecule has 0 spiro atoms. The van der Waals surface area contributed by atoms with Crippen molar-refractivity contribution in [3.05, 3.63) is 19.8 Å². The van der Waals surface area contributed by atoms with E-state index in [9.17, 15) is 0 Å². The van der Waals surface area contributed by atoms with E-state index in [1.54, 1.807) is 10.4 Å². The Morgan fingerprint density at radius 1 is 1.38 bits per heavy atom. The van der Waals surface area contributed by atoms with Gasteiger partial charge in [-0.3, -0.25) is 0 Å². The second-order valence-corrected chi connectivity index (χ2v) is 6.41. The molecule has 0 amide bonds. The number of hydrogen-bond donors (Lipinski definition) is 1. The molecule has 3 rings (SSSR count). The van der Waals surface area contributed by atoms with Gasteiger partial charge in [-0.05, 0) is 58.2 Å². The normalized spacial score (nSPS) is 29.7. The summed E-state index contributed by atoms with van der Waals surface area (Å²) in [7, 11) is 0. The summed E-state index contributed by atoms with van der Waals surface area (Å²) < 4.78 is 1.29. The van der Waals surface area contributed by atoms with Crippen LogP contribution in [-0.2, 0) is 6.54 Å². The quantitative estimate of drug-likeness (QED) is 0.821. The fourth-order valence-corrected chi connectivity index (χ4v) is 5.08. The molecular formula is C10H12BrNS. The minimum absolute atomic E-state index is 0.704. The smallest absolute Gasteiger partial charge is 0.0749 e. The van der Waals surface area contributed by atoms with Crippen molar-refractivity contribution in [1.29, 1.82) is 0 Å². The molecule has 1 fully saturated rings. The Kier molecular flexibility index (Phi) is 1.83. The Hall–Kier alpha value is 0.140. The first kappa shape index (κ1) is 8.45. The van der Waals surface area contributed by atoms with E-state index < -0.39 is 0 Å². The molecule has 1 heterocycles. The second kappa shape index (κ2) is 2.81. The van der Waals surface area contributed by atoms with Gasteiger partial charge in [0.1, 0.15) is 0 Å². The highest BCUT2D eigenvalue weighted by molar-refractivity contribution is 9.11. The van der Waals surface area contributed by atoms with Crippen LogP contribution in [0.15, 0.2) is 3.79 Å². The number of hydrogen-bond acceptors (Lipinski definition) is 2. The lowest BCUT2D eigenvalue weighted by Crippen LogP contribution is -2.02. The SMILES string of the molecule is NCc1c(Br)sc2c1C1CCC2C1. The molecule has 0 saturated heterocycles. The number of thiophene rings is 1. The van der Waals surface area contributed by atoms with Gasteiger partial charge in [-0.2, -0.15) is 0 Å². The number of fused-ring (bicyclic) bond motifs is 5. The van der Waals surface area contributed by atoms with Gasteiger partial charge in [-0.1, -0.05) is 0 Å². The van der Waals surface area contributed by atoms with E-state index in [0.29, 0.717) is 6.54 Å². The van der Waals surface area contributed by atoms with Crippen LogP contribution in [0.5, 0.6) is 0 Å². The molecule has 70 valence electrons. The molecule has 2 aliphatic carbocycles. The lowest BCUT2D eigenvalue weighted by molar-refractivity contribution is 0.719. The summed E-state index contributed by atoms with van der Waals surface area (Å²) in [4.78, 5) is 1.64. The lowest BCUT2D eigenvalue weighted by Gasteiger charge is -2.11. The summed E-state index contributed by atoms with van der Waals surface area (Å²) >= 11 is 5.55. The molecule has 2 aliphatic rings. The number of halogens is 1. The zero-order chi connectivity index (χ0) is 9.00. The van der Waals surface area contributed by atoms with Crippen LogP contribution >= 0.6 is 27.3 Å². The van der Waals surface area contributed by atoms with Crippen LogP contribution in [0.25, 0.3) is 0 Å². The lowest BCUT2D eigenvalue weighted by atomic mass is 9.95. The summed E-state index contributed by atoms with van der Waals surface area (Å²) in [5.74, 6) is 1.72. The number of rotatable bonds is 1. The highest BCUT2D eigenvalue weighted by Crippen LogP contribution is 2.58. The molecule has 0 radical (unpaired) electrons. The first-order valence-corrected chi connectivity index (χ1v) is 6.43. The number of nitrogens with two attached hydrogens (primary N) is 1. The average Bonchev–Trinajstić information content (AvgIpc) is 2.72. The third-order valence-electron chi connectivity index (χ3n) is 3.44. The van der Waals surface area contributed by atoms with E-state index in [-0.39, 0.29) is 0 Å². The van der Waals surface area contributed by atoms with Crippen LogP contribution in [0, 0.1) is 0 Å². The van der Waals surface area contributed by atoms with E-state index in [0.717, 1.165) is 11.8 Å². The van der Waals surface area contributed by atoms with E-state index in [1.807, 2.05) is 11.3 Å². The van der Waals surface area contributed by atoms with Gasteiger partial charge in [0.2, 0.25) is 0 Å². The highest BCUT2D eigenvalue weighted by atomic mass is 79.9. The zero-order valence-corrected chi connectivity index (χ0v) is 9.75. The molecule has 1 aromatic rings. The van der Waals surface area contributed by atoms with Crippen LogP contribution in [-0.4, -0.2) is 0 Å². The van der Waals surface area contributed by atoms with Crippen molar-refractivity contribution >= 4 is 27.3 Å². The Bertz CT molecular complexity index is 358. The fraction of sp³-hybridized carbons (Fsp3) is 0.600. The molecule has 13 heavy (non-hydrogen) atoms. The third-order valence-corrected chi connectivity index (χ3v) is 5.61. The van der Waals surface area contributed by atoms with Gasteiger partial charge in [0, 0.05) is 11.4 Å². The van der Waals surface area contributed by atoms with Gasteiger partial charge in [0.25, 0.3) is 0 Å². The van der Waals surface area contributed by atoms with E-state index in [4.69, 9.17) is 5.73 Å². The maximum atomic E-state index is 5.78. The summed E-state index contributed by atoms with van der Waals surface area (Å²) in [6.45, 7) is 0.704. The van der Waals surface area contributed by atoms with Crippen molar-refractivity contribution < 1.29 is 0 Å². The second-order valence-electron chi connectivity index (χ2n) is 4.04. The Morgan fingerprint density at radius 3 is 2.92 bits per heavy atom. The predicted octanol–water partition coefficient (Wildman–Crippen LogP) is 3.33. The molecule has 1 aromatic heterocycles. The van der Waals surface area contributed by atoms with Crippen LogP contribution in [0.3, 0.4) is 0 Å². The molecule has 3 heteroatoms. The average molecular weight is 258 g/mol. The molecule has 1 saturated carbocycles. The molecule has 1 nitrogen and oxygen atoms in total. The topological polar surface area (TPSA) is 26.0 Å². The first-order valence-electron chi connectivity index (χ1n) is 4.82. The Labute approximate surface area is 90.5 Å². The van der Waals surface area contributed by atoms with Gasteiger partial charge < -0.3 is 5.73 Å². The minimum Gasteiger partial charge on any atom is -0.326 e. The van der Waals surface area contributed by atoms with Gasteiger partial charge >= 0.3 is 0 Å². The van der Waals surface area contributed by atoms with Crippen molar-refractivity contribution in [3.63, 3.8) is 0 Å². The van der Waals surface area contributed by atoms with Gasteiger partial charge in [0.15, 0.2) is 0 Å². The molecule has 2 N–H and O–H groups in total. The van der Waals surface area contributed by atoms with Crippen molar-refractivity contribution in [2.24, 2.45) is 5.73 Å². The molecule has 2 atom stereocenters. The van der Waals surface area contributed by atoms with E-state index >= 15 is 0 Å². The van der Waals surface area contributed by atoms with Crippen LogP contribution in [0.4, 0.5) is 0 Å². The summed E-state index contributed by atoms with van der Waals surface area (Å²) in [6.07, 6.45) is 4.21. The molecule has 0 aromatic carbocycles. The predicted molar refractivity (Wildman–Crippen MR) is 59.2 cm³/mol. The van der Waals surface area contributed by atoms with Gasteiger partial charge in [0.05, 0.1) is 3.79 Å². The van der Waals surface area contributed by atoms with Gasteiger partial charge in [-0.25, -0.2) is 0 Å². The van der Waals surface area contributed by atoms with Crippen LogP contribution in [0.2, 0.25) is 0 Å². The summed E-state index contributed by atoms with van der Waals surface area (Å²) in [6, 6.07) is 0. The van der Waals surface area contributed by atoms with Gasteiger partial charge in [-0.15, -0.1) is 11.3 Å². The monoisotopic (exact) mass is 257 g/mol. The standard InChI is InChI=1S/C10H12BrNS/c11-10-7(4-12)8-5-1-2-6(3-5)9(8)13-10/h5-6H,1-4,12H2. The maximum absolute atomic E-state index is 5.78. The van der Waals surface area contributed by atoms with Crippen molar-refractivity contribution in [1.82, 2.24) is 0 Å². The minimum atomic E-state index is 0.704. The summed E-state index contributed by atoms with van der Waals surface area (Å²) in [5.41, 5.74) is 8.79. The maximum Gasteiger partial charge on any atom is 0.0749 e. The summed E-state index contributed by atoms with van der Waals surface area (Å²) in [5, 5.41) is 0. The Morgan fingerprint density at radius 2 is 2.15 bits per heavy atom. The molecular weight excluding hydrogens is 246 g/mol. The van der Waals surface area contributed by atoms with Crippen molar-refractivity contribution in [2.75, 3.05) is 0 Å². The van der Waals surface area contributed by atoms with Crippen molar-refractivity contribution in [3.8, 4) is 0 Å². The van der Waals surface area contributed by atoms with E-state index in [1.165, 1.54) is 28.6 Å². The largest absolute Gasteiger partial charge is 0.326 e. The molecule has 2 unspecified atom stereocenters. The molecule has 0 aliphatic heterocycles. The third kappa shape index (κ3) is 1.01.